The fraction of sp³-hybridized carbons (Fsp3) is 0.529. The fourth-order valence-electron chi connectivity index (χ4n) is 3.35. The van der Waals surface area contributed by atoms with Gasteiger partial charge < -0.3 is 10.2 Å². The largest absolute Gasteiger partial charge is 0.353 e. The van der Waals surface area contributed by atoms with Crippen LogP contribution in [0.5, 0.6) is 0 Å². The zero-order chi connectivity index (χ0) is 15.5. The van der Waals surface area contributed by atoms with Crippen LogP contribution in [0, 0.1) is 11.7 Å². The van der Waals surface area contributed by atoms with Gasteiger partial charge in [0.1, 0.15) is 11.7 Å². The van der Waals surface area contributed by atoms with Gasteiger partial charge in [-0.2, -0.15) is 0 Å². The maximum absolute atomic E-state index is 13.0. The van der Waals surface area contributed by atoms with Gasteiger partial charge in [0.25, 0.3) is 0 Å². The van der Waals surface area contributed by atoms with Gasteiger partial charge in [-0.15, -0.1) is 0 Å². The lowest BCUT2D eigenvalue weighted by molar-refractivity contribution is -0.132. The molecule has 1 saturated carbocycles. The second-order valence-corrected chi connectivity index (χ2v) is 6.15. The van der Waals surface area contributed by atoms with Gasteiger partial charge in [-0.3, -0.25) is 9.59 Å². The van der Waals surface area contributed by atoms with Crippen LogP contribution in [0.15, 0.2) is 24.3 Å². The van der Waals surface area contributed by atoms with Gasteiger partial charge in [0.2, 0.25) is 11.8 Å². The smallest absolute Gasteiger partial charge is 0.239 e. The van der Waals surface area contributed by atoms with Gasteiger partial charge in [-0.25, -0.2) is 4.39 Å². The van der Waals surface area contributed by atoms with Crippen molar-refractivity contribution in [3.05, 3.63) is 30.1 Å². The summed E-state index contributed by atoms with van der Waals surface area (Å²) in [6, 6.07) is 6.04. The van der Waals surface area contributed by atoms with Crippen molar-refractivity contribution in [3.8, 4) is 0 Å². The van der Waals surface area contributed by atoms with E-state index in [0.29, 0.717) is 18.7 Å². The fourth-order valence-corrected chi connectivity index (χ4v) is 3.35. The quantitative estimate of drug-likeness (QED) is 0.873. The SMILES string of the molecule is O=C(NC1CCCCC1)[C@H]1CCN(c2ccc(F)cc2)C1=O. The number of nitrogens with one attached hydrogen (secondary N) is 1. The summed E-state index contributed by atoms with van der Waals surface area (Å²) in [5.41, 5.74) is 0.652. The molecule has 1 saturated heterocycles. The standard InChI is InChI=1S/C17H21FN2O2/c18-12-6-8-14(9-7-12)20-11-10-15(17(20)22)16(21)19-13-4-2-1-3-5-13/h6-9,13,15H,1-5,10-11H2,(H,19,21)/t15-/m1/s1. The van der Waals surface area contributed by atoms with Crippen molar-refractivity contribution in [3.63, 3.8) is 0 Å². The average molecular weight is 304 g/mol. The summed E-state index contributed by atoms with van der Waals surface area (Å²) >= 11 is 0. The molecule has 2 fully saturated rings. The highest BCUT2D eigenvalue weighted by Crippen LogP contribution is 2.26. The van der Waals surface area contributed by atoms with E-state index in [4.69, 9.17) is 0 Å². The topological polar surface area (TPSA) is 49.4 Å². The lowest BCUT2D eigenvalue weighted by Gasteiger charge is -2.24. The summed E-state index contributed by atoms with van der Waals surface area (Å²) in [6.07, 6.45) is 6.06. The molecular weight excluding hydrogens is 283 g/mol. The predicted molar refractivity (Wildman–Crippen MR) is 81.9 cm³/mol. The van der Waals surface area contributed by atoms with Crippen LogP contribution in [-0.4, -0.2) is 24.4 Å². The third-order valence-electron chi connectivity index (χ3n) is 4.61. The monoisotopic (exact) mass is 304 g/mol. The number of carbonyl (C=O) groups is 2. The van der Waals surface area contributed by atoms with Crippen LogP contribution in [0.25, 0.3) is 0 Å². The zero-order valence-corrected chi connectivity index (χ0v) is 12.6. The molecule has 3 rings (SSSR count). The number of hydrogen-bond acceptors (Lipinski definition) is 2. The Labute approximate surface area is 129 Å². The molecule has 0 spiro atoms. The van der Waals surface area contributed by atoms with Gasteiger partial charge in [0, 0.05) is 18.3 Å². The van der Waals surface area contributed by atoms with E-state index in [1.807, 2.05) is 0 Å². The van der Waals surface area contributed by atoms with E-state index < -0.39 is 5.92 Å². The van der Waals surface area contributed by atoms with Gasteiger partial charge >= 0.3 is 0 Å². The molecule has 118 valence electrons. The molecule has 5 heteroatoms. The lowest BCUT2D eigenvalue weighted by atomic mass is 9.94. The summed E-state index contributed by atoms with van der Waals surface area (Å²) in [5.74, 6) is -1.27. The molecule has 0 bridgehead atoms. The molecule has 0 unspecified atom stereocenters. The Balaban J connectivity index is 1.62. The van der Waals surface area contributed by atoms with Gasteiger partial charge in [-0.1, -0.05) is 19.3 Å². The minimum absolute atomic E-state index is 0.151. The summed E-state index contributed by atoms with van der Waals surface area (Å²) in [6.45, 7) is 0.507. The molecule has 2 aliphatic rings. The second kappa shape index (κ2) is 6.46. The maximum Gasteiger partial charge on any atom is 0.239 e. The van der Waals surface area contributed by atoms with E-state index in [1.165, 1.54) is 18.6 Å². The molecule has 1 aliphatic carbocycles. The number of nitrogens with zero attached hydrogens (tertiary/aromatic N) is 1. The molecule has 1 aromatic rings. The Kier molecular flexibility index (Phi) is 4.41. The number of amides is 2. The van der Waals surface area contributed by atoms with Crippen LogP contribution in [0.3, 0.4) is 0 Å². The van der Waals surface area contributed by atoms with Crippen LogP contribution in [-0.2, 0) is 9.59 Å². The van der Waals surface area contributed by atoms with Crippen LogP contribution < -0.4 is 10.2 Å². The molecule has 0 radical (unpaired) electrons. The maximum atomic E-state index is 13.0. The number of rotatable bonds is 3. The Morgan fingerprint density at radius 2 is 1.77 bits per heavy atom. The van der Waals surface area contributed by atoms with E-state index in [9.17, 15) is 14.0 Å². The first-order valence-corrected chi connectivity index (χ1v) is 8.02. The molecule has 1 aliphatic heterocycles. The molecule has 0 aromatic heterocycles. The van der Waals surface area contributed by atoms with Gasteiger partial charge in [0.15, 0.2) is 0 Å². The summed E-state index contributed by atoms with van der Waals surface area (Å²) in [5, 5.41) is 3.03. The van der Waals surface area contributed by atoms with Crippen molar-refractivity contribution in [1.29, 1.82) is 0 Å². The number of anilines is 1. The predicted octanol–water partition coefficient (Wildman–Crippen LogP) is 2.63. The first kappa shape index (κ1) is 15.0. The van der Waals surface area contributed by atoms with Crippen molar-refractivity contribution in [2.24, 2.45) is 5.92 Å². The van der Waals surface area contributed by atoms with E-state index in [-0.39, 0.29) is 23.7 Å². The van der Waals surface area contributed by atoms with Crippen LogP contribution in [0.4, 0.5) is 10.1 Å². The van der Waals surface area contributed by atoms with E-state index in [0.717, 1.165) is 25.7 Å². The van der Waals surface area contributed by atoms with E-state index in [2.05, 4.69) is 5.32 Å². The van der Waals surface area contributed by atoms with Crippen molar-refractivity contribution >= 4 is 17.5 Å². The highest BCUT2D eigenvalue weighted by atomic mass is 19.1. The van der Waals surface area contributed by atoms with Crippen LogP contribution in [0.2, 0.25) is 0 Å². The van der Waals surface area contributed by atoms with E-state index >= 15 is 0 Å². The number of carbonyl (C=O) groups excluding carboxylic acids is 2. The molecule has 1 N–H and O–H groups in total. The molecule has 22 heavy (non-hydrogen) atoms. The number of halogens is 1. The number of hydrogen-bond donors (Lipinski definition) is 1. The van der Waals surface area contributed by atoms with Crippen LogP contribution >= 0.6 is 0 Å². The highest BCUT2D eigenvalue weighted by Gasteiger charge is 2.38. The minimum Gasteiger partial charge on any atom is -0.353 e. The Hall–Kier alpha value is -1.91. The van der Waals surface area contributed by atoms with E-state index in [1.54, 1.807) is 17.0 Å². The summed E-state index contributed by atoms with van der Waals surface area (Å²) in [7, 11) is 0. The lowest BCUT2D eigenvalue weighted by Crippen LogP contribution is -2.42. The molecular formula is C17H21FN2O2. The van der Waals surface area contributed by atoms with Crippen molar-refractivity contribution in [1.82, 2.24) is 5.32 Å². The van der Waals surface area contributed by atoms with Crippen molar-refractivity contribution < 1.29 is 14.0 Å². The Morgan fingerprint density at radius 3 is 2.45 bits per heavy atom. The van der Waals surface area contributed by atoms with Crippen molar-refractivity contribution in [2.75, 3.05) is 11.4 Å². The summed E-state index contributed by atoms with van der Waals surface area (Å²) < 4.78 is 13.0. The zero-order valence-electron chi connectivity index (χ0n) is 12.6. The molecule has 1 heterocycles. The molecule has 2 amide bonds. The van der Waals surface area contributed by atoms with Gasteiger partial charge in [0.05, 0.1) is 0 Å². The van der Waals surface area contributed by atoms with Crippen molar-refractivity contribution in [2.45, 2.75) is 44.6 Å². The Bertz CT molecular complexity index is 552. The Morgan fingerprint density at radius 1 is 1.09 bits per heavy atom. The number of benzene rings is 1. The molecule has 1 aromatic carbocycles. The first-order chi connectivity index (χ1) is 10.6. The summed E-state index contributed by atoms with van der Waals surface area (Å²) in [4.78, 5) is 26.4. The minimum atomic E-state index is -0.605. The third kappa shape index (κ3) is 3.13. The third-order valence-corrected chi connectivity index (χ3v) is 4.61. The molecule has 4 nitrogen and oxygen atoms in total. The normalized spacial score (nSPS) is 22.9. The highest BCUT2D eigenvalue weighted by molar-refractivity contribution is 6.09. The second-order valence-electron chi connectivity index (χ2n) is 6.15. The molecule has 1 atom stereocenters. The van der Waals surface area contributed by atoms with Gasteiger partial charge in [-0.05, 0) is 43.5 Å². The first-order valence-electron chi connectivity index (χ1n) is 8.02. The average Bonchev–Trinajstić information content (AvgIpc) is 2.91. The van der Waals surface area contributed by atoms with Crippen LogP contribution in [0.1, 0.15) is 38.5 Å².